The van der Waals surface area contributed by atoms with Crippen molar-refractivity contribution in [1.29, 1.82) is 0 Å². The largest absolute Gasteiger partial charge is 0.373 e. The Kier molecular flexibility index (Phi) is 6.04. The van der Waals surface area contributed by atoms with Crippen molar-refractivity contribution in [2.45, 2.75) is 56.1 Å². The lowest BCUT2D eigenvalue weighted by Crippen LogP contribution is -2.56. The summed E-state index contributed by atoms with van der Waals surface area (Å²) in [6.45, 7) is 8.04. The summed E-state index contributed by atoms with van der Waals surface area (Å²) in [5.41, 5.74) is 2.97. The number of ether oxygens (including phenoxy) is 2. The van der Waals surface area contributed by atoms with Crippen LogP contribution in [-0.2, 0) is 19.5 Å². The maximum atomic E-state index is 13.2. The molecule has 2 aromatic rings. The number of benzene rings is 2. The second-order valence-corrected chi connectivity index (χ2v) is 10.8. The molecule has 6 heteroatoms. The molecule has 0 bridgehead atoms. The molecule has 2 aromatic carbocycles. The Bertz CT molecular complexity index is 965. The molecule has 2 aliphatic rings. The fourth-order valence-corrected chi connectivity index (χ4v) is 5.84. The zero-order chi connectivity index (χ0) is 21.4. The average Bonchev–Trinajstić information content (AvgIpc) is 2.74. The molecular formula is C24H31NO4S. The smallest absolute Gasteiger partial charge is 0.243 e. The average molecular weight is 430 g/mol. The molecule has 4 rings (SSSR count). The highest BCUT2D eigenvalue weighted by Crippen LogP contribution is 2.40. The summed E-state index contributed by atoms with van der Waals surface area (Å²) in [6.07, 6.45) is 1.28. The molecule has 0 aliphatic carbocycles. The fraction of sp³-hybridized carbons (Fsp3) is 0.500. The quantitative estimate of drug-likeness (QED) is 0.722. The first-order valence-corrected chi connectivity index (χ1v) is 12.2. The zero-order valence-electron chi connectivity index (χ0n) is 18.0. The third-order valence-electron chi connectivity index (χ3n) is 6.28. The third kappa shape index (κ3) is 4.33. The van der Waals surface area contributed by atoms with Gasteiger partial charge in [-0.1, -0.05) is 55.8 Å². The molecule has 1 spiro atoms. The molecule has 30 heavy (non-hydrogen) atoms. The van der Waals surface area contributed by atoms with Crippen molar-refractivity contribution in [2.75, 3.05) is 26.3 Å². The van der Waals surface area contributed by atoms with Crippen molar-refractivity contribution >= 4 is 10.0 Å². The lowest BCUT2D eigenvalue weighted by atomic mass is 9.86. The van der Waals surface area contributed by atoms with Crippen LogP contribution in [0.2, 0.25) is 0 Å². The number of nitrogens with zero attached hydrogens (tertiary/aromatic N) is 1. The van der Waals surface area contributed by atoms with Crippen LogP contribution in [0.3, 0.4) is 0 Å². The Morgan fingerprint density at radius 2 is 1.73 bits per heavy atom. The van der Waals surface area contributed by atoms with E-state index >= 15 is 0 Å². The van der Waals surface area contributed by atoms with Gasteiger partial charge >= 0.3 is 0 Å². The van der Waals surface area contributed by atoms with Crippen LogP contribution in [0.5, 0.6) is 0 Å². The molecule has 0 unspecified atom stereocenters. The topological polar surface area (TPSA) is 55.8 Å². The van der Waals surface area contributed by atoms with E-state index in [0.29, 0.717) is 50.0 Å². The van der Waals surface area contributed by atoms with E-state index in [9.17, 15) is 8.42 Å². The Balaban J connectivity index is 1.53. The highest BCUT2D eigenvalue weighted by Gasteiger charge is 2.45. The molecule has 2 heterocycles. The van der Waals surface area contributed by atoms with Crippen LogP contribution in [-0.4, -0.2) is 44.6 Å². The molecule has 0 aromatic heterocycles. The Morgan fingerprint density at radius 3 is 2.40 bits per heavy atom. The summed E-state index contributed by atoms with van der Waals surface area (Å²) >= 11 is 0. The van der Waals surface area contributed by atoms with E-state index in [1.165, 1.54) is 5.56 Å². The third-order valence-corrected chi connectivity index (χ3v) is 8.14. The van der Waals surface area contributed by atoms with E-state index in [-0.39, 0.29) is 6.10 Å². The summed E-state index contributed by atoms with van der Waals surface area (Å²) in [5.74, 6) is 0.486. The molecule has 2 saturated heterocycles. The number of morpholine rings is 1. The van der Waals surface area contributed by atoms with Gasteiger partial charge in [0.25, 0.3) is 0 Å². The summed E-state index contributed by atoms with van der Waals surface area (Å²) < 4.78 is 40.3. The Morgan fingerprint density at radius 1 is 1.03 bits per heavy atom. The molecule has 2 fully saturated rings. The fourth-order valence-electron chi connectivity index (χ4n) is 4.34. The number of aryl methyl sites for hydroxylation is 1. The molecule has 162 valence electrons. The monoisotopic (exact) mass is 429 g/mol. The van der Waals surface area contributed by atoms with Crippen LogP contribution < -0.4 is 0 Å². The summed E-state index contributed by atoms with van der Waals surface area (Å²) in [6, 6.07) is 15.6. The predicted molar refractivity (Wildman–Crippen MR) is 117 cm³/mol. The van der Waals surface area contributed by atoms with Crippen molar-refractivity contribution in [2.24, 2.45) is 0 Å². The first-order valence-electron chi connectivity index (χ1n) is 10.7. The van der Waals surface area contributed by atoms with Gasteiger partial charge in [0, 0.05) is 25.9 Å². The maximum absolute atomic E-state index is 13.2. The molecule has 0 radical (unpaired) electrons. The molecule has 5 nitrogen and oxygen atoms in total. The van der Waals surface area contributed by atoms with Gasteiger partial charge in [-0.25, -0.2) is 8.42 Å². The SMILES string of the molecule is Cc1ccc(S(=O)(=O)N2CCO[C@@]3(CCO[C@@H](c4ccc(C(C)C)cc4)C3)C2)cc1. The van der Waals surface area contributed by atoms with Gasteiger partial charge in [0.1, 0.15) is 0 Å². The minimum Gasteiger partial charge on any atom is -0.373 e. The molecule has 0 amide bonds. The normalized spacial score (nSPS) is 25.7. The molecule has 0 saturated carbocycles. The van der Waals surface area contributed by atoms with E-state index in [1.54, 1.807) is 16.4 Å². The van der Waals surface area contributed by atoms with Crippen molar-refractivity contribution in [1.82, 2.24) is 4.31 Å². The van der Waals surface area contributed by atoms with Gasteiger partial charge < -0.3 is 9.47 Å². The van der Waals surface area contributed by atoms with Crippen molar-refractivity contribution in [3.63, 3.8) is 0 Å². The number of rotatable bonds is 4. The van der Waals surface area contributed by atoms with Gasteiger partial charge in [0.15, 0.2) is 0 Å². The predicted octanol–water partition coefficient (Wildman–Crippen LogP) is 4.43. The highest BCUT2D eigenvalue weighted by atomic mass is 32.2. The van der Waals surface area contributed by atoms with E-state index in [2.05, 4.69) is 38.1 Å². The first-order chi connectivity index (χ1) is 14.3. The minimum atomic E-state index is -3.54. The van der Waals surface area contributed by atoms with Crippen LogP contribution in [0.1, 0.15) is 55.4 Å². The Hall–Kier alpha value is -1.73. The Labute approximate surface area is 180 Å². The van der Waals surface area contributed by atoms with Crippen molar-refractivity contribution < 1.29 is 17.9 Å². The van der Waals surface area contributed by atoms with Crippen LogP contribution >= 0.6 is 0 Å². The van der Waals surface area contributed by atoms with Gasteiger partial charge in [-0.15, -0.1) is 0 Å². The van der Waals surface area contributed by atoms with Gasteiger partial charge in [0.2, 0.25) is 10.0 Å². The standard InChI is InChI=1S/C24H31NO4S/c1-18(2)20-6-8-21(9-7-20)23-16-24(12-14-28-23)17-25(13-15-29-24)30(26,27)22-10-4-19(3)5-11-22/h4-11,18,23H,12-17H2,1-3H3/t23-,24-/m1/s1. The van der Waals surface area contributed by atoms with Gasteiger partial charge in [-0.05, 0) is 36.1 Å². The second-order valence-electron chi connectivity index (χ2n) is 8.82. The number of sulfonamides is 1. The van der Waals surface area contributed by atoms with E-state index in [0.717, 1.165) is 11.1 Å². The summed E-state index contributed by atoms with van der Waals surface area (Å²) in [4.78, 5) is 0.345. The minimum absolute atomic E-state index is 0.0815. The maximum Gasteiger partial charge on any atom is 0.243 e. The summed E-state index contributed by atoms with van der Waals surface area (Å²) in [7, 11) is -3.54. The van der Waals surface area contributed by atoms with Gasteiger partial charge in [-0.2, -0.15) is 4.31 Å². The molecule has 0 N–H and O–H groups in total. The lowest BCUT2D eigenvalue weighted by Gasteiger charge is -2.46. The van der Waals surface area contributed by atoms with Crippen molar-refractivity contribution in [3.8, 4) is 0 Å². The highest BCUT2D eigenvalue weighted by molar-refractivity contribution is 7.89. The van der Waals surface area contributed by atoms with E-state index < -0.39 is 15.6 Å². The van der Waals surface area contributed by atoms with E-state index in [4.69, 9.17) is 9.47 Å². The first kappa shape index (κ1) is 21.5. The number of hydrogen-bond acceptors (Lipinski definition) is 4. The second kappa shape index (κ2) is 8.42. The number of hydrogen-bond donors (Lipinski definition) is 0. The molecular weight excluding hydrogens is 398 g/mol. The molecule has 2 atom stereocenters. The lowest BCUT2D eigenvalue weighted by molar-refractivity contribution is -0.163. The van der Waals surface area contributed by atoms with Crippen LogP contribution in [0.4, 0.5) is 0 Å². The van der Waals surface area contributed by atoms with Crippen LogP contribution in [0, 0.1) is 6.92 Å². The van der Waals surface area contributed by atoms with Gasteiger partial charge in [-0.3, -0.25) is 0 Å². The zero-order valence-corrected chi connectivity index (χ0v) is 18.8. The summed E-state index contributed by atoms with van der Waals surface area (Å²) in [5, 5.41) is 0. The van der Waals surface area contributed by atoms with Crippen molar-refractivity contribution in [3.05, 3.63) is 65.2 Å². The van der Waals surface area contributed by atoms with E-state index in [1.807, 2.05) is 19.1 Å². The molecule has 2 aliphatic heterocycles. The van der Waals surface area contributed by atoms with Gasteiger partial charge in [0.05, 0.1) is 29.8 Å². The van der Waals surface area contributed by atoms with Crippen LogP contribution in [0.25, 0.3) is 0 Å². The van der Waals surface area contributed by atoms with Crippen LogP contribution in [0.15, 0.2) is 53.4 Å².